The summed E-state index contributed by atoms with van der Waals surface area (Å²) in [5.41, 5.74) is 0.265. The first-order valence-corrected chi connectivity index (χ1v) is 5.70. The van der Waals surface area contributed by atoms with Crippen molar-refractivity contribution in [3.8, 4) is 0 Å². The second kappa shape index (κ2) is 5.15. The number of carboxylic acid groups (broad SMARTS) is 1. The first kappa shape index (κ1) is 13.2. The van der Waals surface area contributed by atoms with E-state index >= 15 is 0 Å². The van der Waals surface area contributed by atoms with Gasteiger partial charge in [-0.2, -0.15) is 0 Å². The Morgan fingerprint density at radius 3 is 2.38 bits per heavy atom. The molecule has 0 amide bonds. The van der Waals surface area contributed by atoms with E-state index in [4.69, 9.17) is 5.11 Å². The van der Waals surface area contributed by atoms with Crippen LogP contribution >= 0.6 is 31.9 Å². The Morgan fingerprint density at radius 1 is 1.62 bits per heavy atom. The number of rotatable bonds is 5. The summed E-state index contributed by atoms with van der Waals surface area (Å²) in [6.45, 7) is 7.55. The first-order chi connectivity index (χ1) is 5.75. The van der Waals surface area contributed by atoms with Crippen molar-refractivity contribution in [2.75, 3.05) is 0 Å². The predicted octanol–water partition coefficient (Wildman–Crippen LogP) is 3.34. The van der Waals surface area contributed by atoms with Gasteiger partial charge in [0.2, 0.25) is 0 Å². The number of carboxylic acids is 1. The van der Waals surface area contributed by atoms with E-state index in [1.807, 2.05) is 13.8 Å². The zero-order chi connectivity index (χ0) is 10.6. The summed E-state index contributed by atoms with van der Waals surface area (Å²) in [6, 6.07) is 0. The summed E-state index contributed by atoms with van der Waals surface area (Å²) >= 11 is 7.00. The summed E-state index contributed by atoms with van der Waals surface area (Å²) in [5, 5.41) is 8.57. The minimum atomic E-state index is -0.910. The van der Waals surface area contributed by atoms with Crippen molar-refractivity contribution in [1.82, 2.24) is 0 Å². The molecule has 0 aliphatic heterocycles. The Kier molecular flexibility index (Phi) is 5.22. The molecule has 0 aromatic carbocycles. The Bertz CT molecular complexity index is 206. The fourth-order valence-corrected chi connectivity index (χ4v) is 1.21. The molecule has 2 nitrogen and oxygen atoms in total. The van der Waals surface area contributed by atoms with Gasteiger partial charge >= 0.3 is 5.97 Å². The maximum atomic E-state index is 10.4. The molecule has 0 radical (unpaired) electrons. The summed E-state index contributed by atoms with van der Waals surface area (Å²) in [7, 11) is 0. The van der Waals surface area contributed by atoms with Gasteiger partial charge in [-0.05, 0) is 26.7 Å². The number of halogens is 2. The molecule has 0 heterocycles. The molecule has 4 heteroatoms. The molecule has 0 aromatic rings. The second-order valence-corrected chi connectivity index (χ2v) is 6.63. The average Bonchev–Trinajstić information content (AvgIpc) is 1.97. The highest BCUT2D eigenvalue weighted by atomic mass is 79.9. The standard InChI is InChI=1S/C9H14Br2O2/c1-6(8(12)13)4-5-7(10)9(2,3)11/h7H,1,4-5H2,2-3H3,(H,12,13). The van der Waals surface area contributed by atoms with Crippen molar-refractivity contribution in [3.05, 3.63) is 12.2 Å². The SMILES string of the molecule is C=C(CCC(Br)C(C)(C)Br)C(=O)O. The van der Waals surface area contributed by atoms with Gasteiger partial charge < -0.3 is 5.11 Å². The lowest BCUT2D eigenvalue weighted by atomic mass is 10.0. The largest absolute Gasteiger partial charge is 0.478 e. The van der Waals surface area contributed by atoms with Gasteiger partial charge in [-0.25, -0.2) is 4.79 Å². The van der Waals surface area contributed by atoms with Gasteiger partial charge in [0.15, 0.2) is 0 Å². The molecule has 1 unspecified atom stereocenters. The molecule has 0 rings (SSSR count). The molecule has 1 N–H and O–H groups in total. The van der Waals surface area contributed by atoms with E-state index in [1.54, 1.807) is 0 Å². The molecule has 0 saturated heterocycles. The third-order valence-corrected chi connectivity index (χ3v) is 4.52. The summed E-state index contributed by atoms with van der Waals surface area (Å²) in [4.78, 5) is 10.7. The van der Waals surface area contributed by atoms with Crippen LogP contribution in [0.4, 0.5) is 0 Å². The van der Waals surface area contributed by atoms with Crippen LogP contribution in [0.25, 0.3) is 0 Å². The summed E-state index contributed by atoms with van der Waals surface area (Å²) in [6.07, 6.45) is 1.28. The van der Waals surface area contributed by atoms with Crippen LogP contribution in [0.5, 0.6) is 0 Å². The molecule has 0 fully saturated rings. The second-order valence-electron chi connectivity index (χ2n) is 3.48. The monoisotopic (exact) mass is 312 g/mol. The molecule has 0 saturated carbocycles. The number of hydrogen-bond donors (Lipinski definition) is 1. The topological polar surface area (TPSA) is 37.3 Å². The third-order valence-electron chi connectivity index (χ3n) is 1.75. The smallest absolute Gasteiger partial charge is 0.330 e. The molecule has 1 atom stereocenters. The van der Waals surface area contributed by atoms with Crippen LogP contribution in [0, 0.1) is 0 Å². The highest BCUT2D eigenvalue weighted by Gasteiger charge is 2.23. The Morgan fingerprint density at radius 2 is 2.08 bits per heavy atom. The lowest BCUT2D eigenvalue weighted by Gasteiger charge is -2.23. The number of carbonyl (C=O) groups is 1. The fourth-order valence-electron chi connectivity index (χ4n) is 0.751. The Hall–Kier alpha value is 0.170. The minimum absolute atomic E-state index is 0.0220. The molecule has 0 aliphatic rings. The molecular formula is C9H14Br2O2. The van der Waals surface area contributed by atoms with E-state index in [1.165, 1.54) is 0 Å². The fraction of sp³-hybridized carbons (Fsp3) is 0.667. The zero-order valence-electron chi connectivity index (χ0n) is 7.81. The average molecular weight is 314 g/mol. The van der Waals surface area contributed by atoms with Gasteiger partial charge in [0.25, 0.3) is 0 Å². The van der Waals surface area contributed by atoms with Crippen molar-refractivity contribution in [1.29, 1.82) is 0 Å². The molecule has 76 valence electrons. The number of hydrogen-bond acceptors (Lipinski definition) is 1. The quantitative estimate of drug-likeness (QED) is 0.624. The minimum Gasteiger partial charge on any atom is -0.478 e. The normalized spacial score (nSPS) is 13.8. The van der Waals surface area contributed by atoms with E-state index in [-0.39, 0.29) is 14.7 Å². The van der Waals surface area contributed by atoms with Crippen LogP contribution in [-0.2, 0) is 4.79 Å². The summed E-state index contributed by atoms with van der Waals surface area (Å²) in [5.74, 6) is -0.910. The van der Waals surface area contributed by atoms with Gasteiger partial charge in [-0.15, -0.1) is 0 Å². The Labute approximate surface area is 95.7 Å². The van der Waals surface area contributed by atoms with Crippen molar-refractivity contribution in [2.24, 2.45) is 0 Å². The molecule has 0 aromatic heterocycles. The first-order valence-electron chi connectivity index (χ1n) is 3.99. The van der Waals surface area contributed by atoms with Crippen molar-refractivity contribution < 1.29 is 9.90 Å². The summed E-state index contributed by atoms with van der Waals surface area (Å²) < 4.78 is -0.0220. The highest BCUT2D eigenvalue weighted by Crippen LogP contribution is 2.30. The van der Waals surface area contributed by atoms with E-state index in [0.29, 0.717) is 6.42 Å². The van der Waals surface area contributed by atoms with Gasteiger partial charge in [-0.3, -0.25) is 0 Å². The molecule has 0 spiro atoms. The highest BCUT2D eigenvalue weighted by molar-refractivity contribution is 9.12. The molecule has 0 aliphatic carbocycles. The van der Waals surface area contributed by atoms with Gasteiger partial charge in [0.1, 0.15) is 0 Å². The van der Waals surface area contributed by atoms with E-state index in [2.05, 4.69) is 38.4 Å². The molecule has 0 bridgehead atoms. The van der Waals surface area contributed by atoms with Crippen LogP contribution in [-0.4, -0.2) is 20.2 Å². The Balaban J connectivity index is 3.91. The zero-order valence-corrected chi connectivity index (χ0v) is 11.0. The van der Waals surface area contributed by atoms with Crippen molar-refractivity contribution in [2.45, 2.75) is 35.8 Å². The lowest BCUT2D eigenvalue weighted by molar-refractivity contribution is -0.132. The van der Waals surface area contributed by atoms with E-state index in [0.717, 1.165) is 6.42 Å². The third kappa shape index (κ3) is 5.47. The van der Waals surface area contributed by atoms with Crippen LogP contribution in [0.1, 0.15) is 26.7 Å². The van der Waals surface area contributed by atoms with Crippen LogP contribution in [0.15, 0.2) is 12.2 Å². The molecule has 13 heavy (non-hydrogen) atoms. The number of aliphatic carboxylic acids is 1. The lowest BCUT2D eigenvalue weighted by Crippen LogP contribution is -2.24. The maximum Gasteiger partial charge on any atom is 0.330 e. The molecular weight excluding hydrogens is 300 g/mol. The van der Waals surface area contributed by atoms with Gasteiger partial charge in [0.05, 0.1) is 0 Å². The maximum absolute atomic E-state index is 10.4. The van der Waals surface area contributed by atoms with Gasteiger partial charge in [0, 0.05) is 14.7 Å². The van der Waals surface area contributed by atoms with Crippen molar-refractivity contribution >= 4 is 37.8 Å². The predicted molar refractivity (Wildman–Crippen MR) is 61.7 cm³/mol. The number of alkyl halides is 2. The van der Waals surface area contributed by atoms with E-state index in [9.17, 15) is 4.79 Å². The van der Waals surface area contributed by atoms with Crippen LogP contribution in [0.3, 0.4) is 0 Å². The van der Waals surface area contributed by atoms with Crippen LogP contribution in [0.2, 0.25) is 0 Å². The van der Waals surface area contributed by atoms with E-state index < -0.39 is 5.97 Å². The van der Waals surface area contributed by atoms with Crippen molar-refractivity contribution in [3.63, 3.8) is 0 Å². The van der Waals surface area contributed by atoms with Gasteiger partial charge in [-0.1, -0.05) is 38.4 Å². The van der Waals surface area contributed by atoms with Crippen LogP contribution < -0.4 is 0 Å².